The number of amides is 1. The van der Waals surface area contributed by atoms with Crippen molar-refractivity contribution in [3.8, 4) is 0 Å². The van der Waals surface area contributed by atoms with E-state index < -0.39 is 22.5 Å². The second-order valence-electron chi connectivity index (χ2n) is 8.05. The molecule has 0 unspecified atom stereocenters. The third kappa shape index (κ3) is 4.67. The molecule has 1 aromatic heterocycles. The molecular formula is C24H22Cl2N4O4S. The molecular weight excluding hydrogens is 511 g/mol. The highest BCUT2D eigenvalue weighted by atomic mass is 35.5. The minimum absolute atomic E-state index is 0.00708. The number of carbonyl (C=O) groups is 1. The molecule has 0 aliphatic carbocycles. The zero-order chi connectivity index (χ0) is 25.5. The molecule has 3 aromatic carbocycles. The first-order valence-corrected chi connectivity index (χ1v) is 12.7. The highest BCUT2D eigenvalue weighted by molar-refractivity contribution is 7.92. The number of carbonyl (C=O) groups excluding carboxylic acids is 1. The second kappa shape index (κ2) is 9.41. The zero-order valence-electron chi connectivity index (χ0n) is 19.1. The molecule has 0 atom stereocenters. The van der Waals surface area contributed by atoms with E-state index in [2.05, 4.69) is 5.32 Å². The Morgan fingerprint density at radius 2 is 1.63 bits per heavy atom. The molecule has 0 aliphatic rings. The lowest BCUT2D eigenvalue weighted by Crippen LogP contribution is -2.38. The first-order valence-electron chi connectivity index (χ1n) is 10.5. The minimum Gasteiger partial charge on any atom is -0.324 e. The van der Waals surface area contributed by atoms with E-state index >= 15 is 0 Å². The minimum atomic E-state index is -4.16. The molecule has 1 heterocycles. The van der Waals surface area contributed by atoms with Gasteiger partial charge in [-0.1, -0.05) is 47.0 Å². The van der Waals surface area contributed by atoms with Crippen LogP contribution in [0.15, 0.2) is 70.4 Å². The van der Waals surface area contributed by atoms with Crippen molar-refractivity contribution in [3.63, 3.8) is 0 Å². The molecule has 8 nitrogen and oxygen atoms in total. The lowest BCUT2D eigenvalue weighted by molar-refractivity contribution is -0.114. The highest BCUT2D eigenvalue weighted by Crippen LogP contribution is 2.35. The van der Waals surface area contributed by atoms with Gasteiger partial charge in [-0.05, 0) is 49.4 Å². The SMILES string of the molecule is Cc1ccc(S(=O)(=O)N(CC(=O)Nc2ccc3c(c2)n(C)c(=O)n3C)c2cccc(Cl)c2Cl)cc1. The molecule has 0 fully saturated rings. The standard InChI is InChI=1S/C24H22Cl2N4O4S/c1-15-7-10-17(11-8-15)35(33,34)30(20-6-4-5-18(25)23(20)26)14-22(31)27-16-9-12-19-21(13-16)29(3)24(32)28(19)2/h4-13H,14H2,1-3H3,(H,27,31). The summed E-state index contributed by atoms with van der Waals surface area (Å²) in [4.78, 5) is 25.2. The van der Waals surface area contributed by atoms with Gasteiger partial charge in [-0.2, -0.15) is 0 Å². The van der Waals surface area contributed by atoms with Gasteiger partial charge in [-0.15, -0.1) is 0 Å². The van der Waals surface area contributed by atoms with Crippen LogP contribution in [-0.2, 0) is 28.9 Å². The number of halogens is 2. The Bertz CT molecular complexity index is 1610. The first-order chi connectivity index (χ1) is 16.5. The molecule has 1 amide bonds. The van der Waals surface area contributed by atoms with Gasteiger partial charge in [0.2, 0.25) is 5.91 Å². The van der Waals surface area contributed by atoms with Crippen LogP contribution in [0.4, 0.5) is 11.4 Å². The van der Waals surface area contributed by atoms with Crippen molar-refractivity contribution in [1.29, 1.82) is 0 Å². The number of aryl methyl sites for hydroxylation is 3. The molecule has 0 bridgehead atoms. The van der Waals surface area contributed by atoms with Gasteiger partial charge in [0.25, 0.3) is 10.0 Å². The Balaban J connectivity index is 1.70. The third-order valence-electron chi connectivity index (χ3n) is 5.65. The summed E-state index contributed by atoms with van der Waals surface area (Å²) in [6.07, 6.45) is 0. The Morgan fingerprint density at radius 1 is 0.971 bits per heavy atom. The van der Waals surface area contributed by atoms with Crippen molar-refractivity contribution in [2.24, 2.45) is 14.1 Å². The van der Waals surface area contributed by atoms with E-state index in [1.165, 1.54) is 33.4 Å². The predicted molar refractivity (Wildman–Crippen MR) is 139 cm³/mol. The van der Waals surface area contributed by atoms with Crippen LogP contribution in [0, 0.1) is 6.92 Å². The number of hydrogen-bond acceptors (Lipinski definition) is 4. The fraction of sp³-hybridized carbons (Fsp3) is 0.167. The summed E-state index contributed by atoms with van der Waals surface area (Å²) in [5.41, 5.74) is 2.50. The van der Waals surface area contributed by atoms with Gasteiger partial charge in [0.1, 0.15) is 6.54 Å². The van der Waals surface area contributed by atoms with E-state index in [4.69, 9.17) is 23.2 Å². The Labute approximate surface area is 212 Å². The molecule has 4 aromatic rings. The Hall–Kier alpha value is -3.27. The zero-order valence-corrected chi connectivity index (χ0v) is 21.4. The van der Waals surface area contributed by atoms with Crippen molar-refractivity contribution < 1.29 is 13.2 Å². The van der Waals surface area contributed by atoms with E-state index in [1.807, 2.05) is 6.92 Å². The average molecular weight is 533 g/mol. The number of nitrogens with one attached hydrogen (secondary N) is 1. The highest BCUT2D eigenvalue weighted by Gasteiger charge is 2.29. The normalized spacial score (nSPS) is 11.6. The molecule has 11 heteroatoms. The van der Waals surface area contributed by atoms with Gasteiger partial charge in [0.15, 0.2) is 0 Å². The quantitative estimate of drug-likeness (QED) is 0.400. The fourth-order valence-electron chi connectivity index (χ4n) is 3.74. The van der Waals surface area contributed by atoms with Crippen LogP contribution >= 0.6 is 23.2 Å². The van der Waals surface area contributed by atoms with E-state index in [-0.39, 0.29) is 26.3 Å². The summed E-state index contributed by atoms with van der Waals surface area (Å²) >= 11 is 12.5. The number of benzene rings is 3. The van der Waals surface area contributed by atoms with Crippen LogP contribution in [-0.4, -0.2) is 30.0 Å². The largest absolute Gasteiger partial charge is 0.328 e. The van der Waals surface area contributed by atoms with Crippen LogP contribution in [0.2, 0.25) is 10.0 Å². The number of fused-ring (bicyclic) bond motifs is 1. The predicted octanol–water partition coefficient (Wildman–Crippen LogP) is 4.33. The fourth-order valence-corrected chi connectivity index (χ4v) is 5.62. The molecule has 1 N–H and O–H groups in total. The maximum atomic E-state index is 13.6. The number of imidazole rings is 1. The summed E-state index contributed by atoms with van der Waals surface area (Å²) in [5, 5.41) is 2.88. The molecule has 0 aliphatic heterocycles. The van der Waals surface area contributed by atoms with E-state index in [0.717, 1.165) is 9.87 Å². The smallest absolute Gasteiger partial charge is 0.324 e. The molecule has 0 saturated heterocycles. The van der Waals surface area contributed by atoms with Gasteiger partial charge in [0.05, 0.1) is 31.7 Å². The van der Waals surface area contributed by atoms with Crippen LogP contribution in [0.5, 0.6) is 0 Å². The van der Waals surface area contributed by atoms with Crippen molar-refractivity contribution in [1.82, 2.24) is 9.13 Å². The summed E-state index contributed by atoms with van der Waals surface area (Å²) in [6, 6.07) is 15.9. The van der Waals surface area contributed by atoms with Crippen molar-refractivity contribution in [2.45, 2.75) is 11.8 Å². The van der Waals surface area contributed by atoms with Gasteiger partial charge in [0, 0.05) is 19.8 Å². The van der Waals surface area contributed by atoms with Crippen molar-refractivity contribution in [3.05, 3.63) is 86.8 Å². The first kappa shape index (κ1) is 24.8. The van der Waals surface area contributed by atoms with Gasteiger partial charge >= 0.3 is 5.69 Å². The number of aromatic nitrogens is 2. The van der Waals surface area contributed by atoms with E-state index in [1.54, 1.807) is 50.5 Å². The number of anilines is 2. The van der Waals surface area contributed by atoms with Crippen LogP contribution in [0.1, 0.15) is 5.56 Å². The molecule has 0 spiro atoms. The maximum absolute atomic E-state index is 13.6. The molecule has 182 valence electrons. The van der Waals surface area contributed by atoms with Gasteiger partial charge < -0.3 is 5.32 Å². The van der Waals surface area contributed by atoms with Crippen molar-refractivity contribution in [2.75, 3.05) is 16.2 Å². The van der Waals surface area contributed by atoms with E-state index in [9.17, 15) is 18.0 Å². The number of rotatable bonds is 6. The number of nitrogens with zero attached hydrogens (tertiary/aromatic N) is 3. The second-order valence-corrected chi connectivity index (χ2v) is 10.7. The summed E-state index contributed by atoms with van der Waals surface area (Å²) < 4.78 is 31.0. The molecule has 0 saturated carbocycles. The summed E-state index contributed by atoms with van der Waals surface area (Å²) in [6.45, 7) is 1.29. The lowest BCUT2D eigenvalue weighted by Gasteiger charge is -2.25. The third-order valence-corrected chi connectivity index (χ3v) is 8.23. The van der Waals surface area contributed by atoms with Gasteiger partial charge in [-0.3, -0.25) is 18.2 Å². The lowest BCUT2D eigenvalue weighted by atomic mass is 10.2. The Kier molecular flexibility index (Phi) is 6.68. The van der Waals surface area contributed by atoms with Crippen LogP contribution < -0.4 is 15.3 Å². The monoisotopic (exact) mass is 532 g/mol. The van der Waals surface area contributed by atoms with Crippen LogP contribution in [0.3, 0.4) is 0 Å². The van der Waals surface area contributed by atoms with E-state index in [0.29, 0.717) is 16.7 Å². The Morgan fingerprint density at radius 3 is 2.31 bits per heavy atom. The molecule has 0 radical (unpaired) electrons. The molecule has 4 rings (SSSR count). The van der Waals surface area contributed by atoms with Gasteiger partial charge in [-0.25, -0.2) is 13.2 Å². The van der Waals surface area contributed by atoms with Crippen LogP contribution in [0.25, 0.3) is 11.0 Å². The maximum Gasteiger partial charge on any atom is 0.328 e. The average Bonchev–Trinajstić information content (AvgIpc) is 3.03. The van der Waals surface area contributed by atoms with Crippen molar-refractivity contribution >= 4 is 61.5 Å². The summed E-state index contributed by atoms with van der Waals surface area (Å²) in [7, 11) is -0.870. The number of hydrogen-bond donors (Lipinski definition) is 1. The number of sulfonamides is 1. The topological polar surface area (TPSA) is 93.4 Å². The molecule has 35 heavy (non-hydrogen) atoms. The summed E-state index contributed by atoms with van der Waals surface area (Å²) in [5.74, 6) is -0.600.